The smallest absolute Gasteiger partial charge is 0.487 e. The number of aryl methyl sites for hydroxylation is 3. The molecule has 0 saturated heterocycles. The number of benzene rings is 2. The van der Waals surface area contributed by atoms with Crippen LogP contribution in [0.1, 0.15) is 82.6 Å². The molecule has 0 radical (unpaired) electrons. The third-order valence-corrected chi connectivity index (χ3v) is 10.2. The van der Waals surface area contributed by atoms with Gasteiger partial charge in [-0.15, -0.1) is 0 Å². The molecule has 3 atom stereocenters. The molecule has 4 rings (SSSR count). The molecule has 0 bridgehead atoms. The molecule has 1 aliphatic rings. The average Bonchev–Trinajstić information content (AvgIpc) is 3.22. The molecule has 242 valence electrons. The number of hydrogen-bond acceptors (Lipinski definition) is 3. The SMILES string of the molecule is Cc1cc(/C=C/CN(Cc2cn(C)c3ccccc23)S(=O)(=O)C(F)(F)F)cc2c1O[C@](C)(C[C@H](C)C[C@H](C)CC(C)C)CC2. The molecule has 0 N–H and O–H groups in total. The van der Waals surface area contributed by atoms with Crippen molar-refractivity contribution >= 4 is 27.0 Å². The highest BCUT2D eigenvalue weighted by molar-refractivity contribution is 7.89. The number of sulfonamides is 1. The molecule has 9 heteroatoms. The van der Waals surface area contributed by atoms with Crippen LogP contribution < -0.4 is 4.74 Å². The molecule has 2 heterocycles. The maximum atomic E-state index is 13.7. The van der Waals surface area contributed by atoms with Gasteiger partial charge in [0.2, 0.25) is 0 Å². The van der Waals surface area contributed by atoms with E-state index in [2.05, 4.69) is 34.6 Å². The fourth-order valence-corrected chi connectivity index (χ4v) is 7.88. The van der Waals surface area contributed by atoms with E-state index in [9.17, 15) is 21.6 Å². The molecule has 5 nitrogen and oxygen atoms in total. The van der Waals surface area contributed by atoms with E-state index in [1.165, 1.54) is 18.9 Å². The third-order valence-electron chi connectivity index (χ3n) is 8.68. The van der Waals surface area contributed by atoms with Gasteiger partial charge >= 0.3 is 15.5 Å². The van der Waals surface area contributed by atoms with Gasteiger partial charge in [-0.05, 0) is 104 Å². The number of hydrogen-bond donors (Lipinski definition) is 0. The van der Waals surface area contributed by atoms with E-state index < -0.39 is 28.6 Å². The van der Waals surface area contributed by atoms with Crippen molar-refractivity contribution in [3.05, 3.63) is 70.9 Å². The Morgan fingerprint density at radius 2 is 1.80 bits per heavy atom. The van der Waals surface area contributed by atoms with Crippen molar-refractivity contribution in [1.29, 1.82) is 0 Å². The molecule has 0 spiro atoms. The Labute approximate surface area is 261 Å². The number of rotatable bonds is 12. The van der Waals surface area contributed by atoms with Crippen LogP contribution in [0.3, 0.4) is 0 Å². The lowest BCUT2D eigenvalue weighted by atomic mass is 9.80. The van der Waals surface area contributed by atoms with Crippen LogP contribution in [0.5, 0.6) is 5.75 Å². The van der Waals surface area contributed by atoms with Gasteiger partial charge in [0.25, 0.3) is 0 Å². The number of para-hydroxylation sites is 1. The quantitative estimate of drug-likeness (QED) is 0.200. The lowest BCUT2D eigenvalue weighted by Gasteiger charge is -2.39. The lowest BCUT2D eigenvalue weighted by Crippen LogP contribution is -2.40. The second kappa shape index (κ2) is 13.3. The maximum Gasteiger partial charge on any atom is 0.511 e. The van der Waals surface area contributed by atoms with E-state index in [4.69, 9.17) is 4.74 Å². The van der Waals surface area contributed by atoms with Crippen molar-refractivity contribution in [2.24, 2.45) is 24.8 Å². The molecule has 0 fully saturated rings. The van der Waals surface area contributed by atoms with Crippen molar-refractivity contribution in [2.75, 3.05) is 6.54 Å². The first-order valence-electron chi connectivity index (χ1n) is 15.6. The van der Waals surface area contributed by atoms with E-state index >= 15 is 0 Å². The van der Waals surface area contributed by atoms with Crippen LogP contribution >= 0.6 is 0 Å². The van der Waals surface area contributed by atoms with Gasteiger partial charge in [-0.2, -0.15) is 17.5 Å². The van der Waals surface area contributed by atoms with Gasteiger partial charge in [-0.1, -0.05) is 58.0 Å². The molecule has 0 amide bonds. The number of ether oxygens (including phenoxy) is 1. The molecule has 0 unspecified atom stereocenters. The second-order valence-electron chi connectivity index (χ2n) is 13.6. The minimum atomic E-state index is -5.56. The summed E-state index contributed by atoms with van der Waals surface area (Å²) in [6.07, 6.45) is 9.98. The molecule has 0 saturated carbocycles. The van der Waals surface area contributed by atoms with Gasteiger partial charge in [0.15, 0.2) is 0 Å². The second-order valence-corrected chi connectivity index (χ2v) is 15.5. The van der Waals surface area contributed by atoms with Crippen molar-refractivity contribution < 1.29 is 26.3 Å². The minimum Gasteiger partial charge on any atom is -0.487 e. The summed E-state index contributed by atoms with van der Waals surface area (Å²) in [5, 5.41) is 0.720. The molecular formula is C35H47F3N2O3S. The zero-order valence-corrected chi connectivity index (χ0v) is 27.9. The summed E-state index contributed by atoms with van der Waals surface area (Å²) in [7, 11) is -3.77. The predicted molar refractivity (Wildman–Crippen MR) is 173 cm³/mol. The lowest BCUT2D eigenvalue weighted by molar-refractivity contribution is -0.0488. The topological polar surface area (TPSA) is 51.5 Å². The molecule has 3 aromatic rings. The first-order valence-corrected chi connectivity index (χ1v) is 17.0. The Morgan fingerprint density at radius 1 is 1.09 bits per heavy atom. The van der Waals surface area contributed by atoms with Crippen LogP contribution in [0.15, 0.2) is 48.7 Å². The predicted octanol–water partition coefficient (Wildman–Crippen LogP) is 9.03. The summed E-state index contributed by atoms with van der Waals surface area (Å²) in [6, 6.07) is 11.2. The monoisotopic (exact) mass is 632 g/mol. The Balaban J connectivity index is 1.49. The third kappa shape index (κ3) is 7.89. The van der Waals surface area contributed by atoms with Gasteiger partial charge in [0, 0.05) is 37.2 Å². The van der Waals surface area contributed by atoms with Crippen LogP contribution in [0.4, 0.5) is 13.2 Å². The molecule has 1 aliphatic heterocycles. The summed E-state index contributed by atoms with van der Waals surface area (Å²) in [5.41, 5.74) is -1.48. The van der Waals surface area contributed by atoms with E-state index in [1.807, 2.05) is 31.2 Å². The van der Waals surface area contributed by atoms with Crippen LogP contribution in [-0.2, 0) is 30.0 Å². The van der Waals surface area contributed by atoms with Gasteiger partial charge in [0.1, 0.15) is 11.4 Å². The molecule has 44 heavy (non-hydrogen) atoms. The minimum absolute atomic E-state index is 0.250. The number of fused-ring (bicyclic) bond motifs is 2. The number of nitrogens with zero attached hydrogens (tertiary/aromatic N) is 2. The van der Waals surface area contributed by atoms with Gasteiger partial charge in [0.05, 0.1) is 0 Å². The average molecular weight is 633 g/mol. The highest BCUT2D eigenvalue weighted by Gasteiger charge is 2.49. The number of alkyl halides is 3. The Kier molecular flexibility index (Phi) is 10.3. The summed E-state index contributed by atoms with van der Waals surface area (Å²) in [6.45, 7) is 12.5. The Morgan fingerprint density at radius 3 is 2.48 bits per heavy atom. The Bertz CT molecular complexity index is 1590. The van der Waals surface area contributed by atoms with Gasteiger partial charge in [-0.25, -0.2) is 8.42 Å². The number of halogens is 3. The summed E-state index contributed by atoms with van der Waals surface area (Å²) >= 11 is 0. The van der Waals surface area contributed by atoms with E-state index in [1.54, 1.807) is 36.0 Å². The van der Waals surface area contributed by atoms with Gasteiger partial charge < -0.3 is 9.30 Å². The molecule has 2 aromatic carbocycles. The maximum absolute atomic E-state index is 13.7. The normalized spacial score (nSPS) is 19.1. The standard InChI is InChI=1S/C35H47F3N2O3S/c1-24(2)17-25(3)18-26(4)21-34(6)15-14-29-20-28(19-27(5)33(29)43-34)11-10-16-40(44(41,42)35(36,37)38)23-30-22-39(7)32-13-9-8-12-31(30)32/h8-13,19-20,22,24-26H,14-18,21,23H2,1-7H3/b11-10+/t25-,26-,34+/m1/s1. The van der Waals surface area contributed by atoms with Crippen LogP contribution in [0.25, 0.3) is 17.0 Å². The first kappa shape index (κ1) is 34.1. The molecule has 0 aliphatic carbocycles. The fraction of sp³-hybridized carbons (Fsp3) is 0.543. The van der Waals surface area contributed by atoms with E-state index in [0.29, 0.717) is 27.6 Å². The summed E-state index contributed by atoms with van der Waals surface area (Å²) < 4.78 is 75.1. The summed E-state index contributed by atoms with van der Waals surface area (Å²) in [5.74, 6) is 2.80. The zero-order chi connectivity index (χ0) is 32.4. The van der Waals surface area contributed by atoms with Gasteiger partial charge in [-0.3, -0.25) is 0 Å². The molecule has 1 aromatic heterocycles. The van der Waals surface area contributed by atoms with Crippen LogP contribution in [0.2, 0.25) is 0 Å². The number of aromatic nitrogens is 1. The molecular weight excluding hydrogens is 585 g/mol. The Hall–Kier alpha value is -2.78. The van der Waals surface area contributed by atoms with E-state index in [0.717, 1.165) is 52.6 Å². The highest BCUT2D eigenvalue weighted by Crippen LogP contribution is 2.40. The van der Waals surface area contributed by atoms with Crippen molar-refractivity contribution in [2.45, 2.75) is 91.3 Å². The van der Waals surface area contributed by atoms with Crippen molar-refractivity contribution in [3.63, 3.8) is 0 Å². The largest absolute Gasteiger partial charge is 0.511 e. The summed E-state index contributed by atoms with van der Waals surface area (Å²) in [4.78, 5) is 0. The van der Waals surface area contributed by atoms with Crippen LogP contribution in [0, 0.1) is 24.7 Å². The zero-order valence-electron chi connectivity index (χ0n) is 27.0. The highest BCUT2D eigenvalue weighted by atomic mass is 32.2. The van der Waals surface area contributed by atoms with Crippen LogP contribution in [-0.4, -0.2) is 34.9 Å². The fourth-order valence-electron chi connectivity index (χ4n) is 7.00. The van der Waals surface area contributed by atoms with Crippen molar-refractivity contribution in [3.8, 4) is 5.75 Å². The first-order chi connectivity index (χ1) is 20.5. The van der Waals surface area contributed by atoms with E-state index in [-0.39, 0.29) is 5.60 Å². The van der Waals surface area contributed by atoms with Crippen molar-refractivity contribution in [1.82, 2.24) is 8.87 Å².